The molecule has 0 aromatic carbocycles. The van der Waals surface area contributed by atoms with Gasteiger partial charge in [0, 0.05) is 19.0 Å². The van der Waals surface area contributed by atoms with Crippen molar-refractivity contribution in [3.05, 3.63) is 0 Å². The van der Waals surface area contributed by atoms with Crippen LogP contribution in [0.2, 0.25) is 0 Å². The van der Waals surface area contributed by atoms with Crippen LogP contribution in [0, 0.1) is 5.92 Å². The van der Waals surface area contributed by atoms with E-state index in [9.17, 15) is 9.59 Å². The standard InChI is InChI=1S/C12H23BrN2O2/c1-5-9(4)15-10(16)6-7-14-12(17)11(13)8(2)3/h8-9,11H,5-7H2,1-4H3,(H,14,17)(H,15,16). The summed E-state index contributed by atoms with van der Waals surface area (Å²) in [5.41, 5.74) is 0. The van der Waals surface area contributed by atoms with Gasteiger partial charge in [0.15, 0.2) is 0 Å². The van der Waals surface area contributed by atoms with Gasteiger partial charge in [-0.15, -0.1) is 0 Å². The number of amides is 2. The van der Waals surface area contributed by atoms with Gasteiger partial charge in [0.1, 0.15) is 0 Å². The van der Waals surface area contributed by atoms with Gasteiger partial charge >= 0.3 is 0 Å². The third-order valence-electron chi connectivity index (χ3n) is 2.51. The number of hydrogen-bond donors (Lipinski definition) is 2. The summed E-state index contributed by atoms with van der Waals surface area (Å²) in [5.74, 6) is 0.163. The number of halogens is 1. The number of alkyl halides is 1. The highest BCUT2D eigenvalue weighted by Crippen LogP contribution is 2.11. The van der Waals surface area contributed by atoms with E-state index in [0.717, 1.165) is 6.42 Å². The molecule has 2 atom stereocenters. The molecule has 0 saturated heterocycles. The fraction of sp³-hybridized carbons (Fsp3) is 0.833. The minimum Gasteiger partial charge on any atom is -0.355 e. The first kappa shape index (κ1) is 16.4. The summed E-state index contributed by atoms with van der Waals surface area (Å²) in [4.78, 5) is 22.8. The van der Waals surface area contributed by atoms with E-state index in [2.05, 4.69) is 26.6 Å². The molecule has 0 aliphatic carbocycles. The molecule has 0 fully saturated rings. The highest BCUT2D eigenvalue weighted by atomic mass is 79.9. The van der Waals surface area contributed by atoms with Gasteiger partial charge in [0.05, 0.1) is 4.83 Å². The van der Waals surface area contributed by atoms with E-state index in [1.54, 1.807) is 0 Å². The lowest BCUT2D eigenvalue weighted by Gasteiger charge is -2.14. The second-order valence-electron chi connectivity index (χ2n) is 4.56. The lowest BCUT2D eigenvalue weighted by Crippen LogP contribution is -2.38. The molecule has 2 N–H and O–H groups in total. The Morgan fingerprint density at radius 3 is 2.29 bits per heavy atom. The zero-order valence-electron chi connectivity index (χ0n) is 11.0. The number of rotatable bonds is 7. The van der Waals surface area contributed by atoms with E-state index in [1.807, 2.05) is 27.7 Å². The van der Waals surface area contributed by atoms with E-state index in [1.165, 1.54) is 0 Å². The minimum absolute atomic E-state index is 0.0182. The van der Waals surface area contributed by atoms with E-state index in [0.29, 0.717) is 13.0 Å². The van der Waals surface area contributed by atoms with Gasteiger partial charge in [-0.25, -0.2) is 0 Å². The normalized spacial score (nSPS) is 14.2. The van der Waals surface area contributed by atoms with Gasteiger partial charge in [-0.1, -0.05) is 36.7 Å². The van der Waals surface area contributed by atoms with Crippen LogP contribution in [0.3, 0.4) is 0 Å². The first-order valence-corrected chi connectivity index (χ1v) is 7.01. The molecule has 0 heterocycles. The molecule has 4 nitrogen and oxygen atoms in total. The number of carbonyl (C=O) groups excluding carboxylic acids is 2. The van der Waals surface area contributed by atoms with Crippen LogP contribution in [0.1, 0.15) is 40.5 Å². The van der Waals surface area contributed by atoms with Crippen LogP contribution in [0.25, 0.3) is 0 Å². The largest absolute Gasteiger partial charge is 0.355 e. The van der Waals surface area contributed by atoms with Crippen molar-refractivity contribution in [1.29, 1.82) is 0 Å². The highest BCUT2D eigenvalue weighted by molar-refractivity contribution is 9.10. The SMILES string of the molecule is CCC(C)NC(=O)CCNC(=O)C(Br)C(C)C. The molecule has 2 amide bonds. The monoisotopic (exact) mass is 306 g/mol. The Balaban J connectivity index is 3.77. The molecule has 17 heavy (non-hydrogen) atoms. The maximum atomic E-state index is 11.6. The maximum absolute atomic E-state index is 11.6. The third kappa shape index (κ3) is 7.36. The maximum Gasteiger partial charge on any atom is 0.234 e. The van der Waals surface area contributed by atoms with Crippen LogP contribution >= 0.6 is 15.9 Å². The van der Waals surface area contributed by atoms with Crippen molar-refractivity contribution < 1.29 is 9.59 Å². The number of carbonyl (C=O) groups is 2. The van der Waals surface area contributed by atoms with Crippen molar-refractivity contribution in [3.63, 3.8) is 0 Å². The Hall–Kier alpha value is -0.580. The Morgan fingerprint density at radius 2 is 1.82 bits per heavy atom. The van der Waals surface area contributed by atoms with E-state index in [4.69, 9.17) is 0 Å². The smallest absolute Gasteiger partial charge is 0.234 e. The van der Waals surface area contributed by atoms with Crippen LogP contribution in [0.5, 0.6) is 0 Å². The van der Waals surface area contributed by atoms with Crippen molar-refractivity contribution in [2.24, 2.45) is 5.92 Å². The minimum atomic E-state index is -0.194. The quantitative estimate of drug-likeness (QED) is 0.705. The summed E-state index contributed by atoms with van der Waals surface area (Å²) < 4.78 is 0. The average molecular weight is 307 g/mol. The molecule has 0 rings (SSSR count). The van der Waals surface area contributed by atoms with Gasteiger partial charge in [-0.3, -0.25) is 9.59 Å². The predicted molar refractivity (Wildman–Crippen MR) is 73.1 cm³/mol. The summed E-state index contributed by atoms with van der Waals surface area (Å²) in [6.45, 7) is 8.30. The molecule has 0 aliphatic heterocycles. The summed E-state index contributed by atoms with van der Waals surface area (Å²) in [6, 6.07) is 0.192. The van der Waals surface area contributed by atoms with Crippen LogP contribution in [0.4, 0.5) is 0 Å². The predicted octanol–water partition coefficient (Wildman–Crippen LogP) is 1.83. The average Bonchev–Trinajstić information content (AvgIpc) is 2.27. The first-order chi connectivity index (χ1) is 7.88. The van der Waals surface area contributed by atoms with Crippen molar-refractivity contribution in [2.45, 2.75) is 51.4 Å². The Bertz CT molecular complexity index is 257. The Labute approximate surface area is 112 Å². The molecular weight excluding hydrogens is 284 g/mol. The zero-order chi connectivity index (χ0) is 13.4. The molecule has 0 aliphatic rings. The van der Waals surface area contributed by atoms with Crippen molar-refractivity contribution in [2.75, 3.05) is 6.54 Å². The molecule has 0 radical (unpaired) electrons. The third-order valence-corrected chi connectivity index (χ3v) is 3.98. The molecule has 0 saturated carbocycles. The molecule has 0 bridgehead atoms. The molecule has 0 aromatic heterocycles. The molecule has 100 valence electrons. The van der Waals surface area contributed by atoms with Crippen LogP contribution in [-0.2, 0) is 9.59 Å². The zero-order valence-corrected chi connectivity index (χ0v) is 12.6. The van der Waals surface area contributed by atoms with Crippen LogP contribution in [0.15, 0.2) is 0 Å². The lowest BCUT2D eigenvalue weighted by atomic mass is 10.1. The van der Waals surface area contributed by atoms with Gasteiger partial charge in [-0.2, -0.15) is 0 Å². The molecule has 5 heteroatoms. The Morgan fingerprint density at radius 1 is 1.24 bits per heavy atom. The number of hydrogen-bond acceptors (Lipinski definition) is 2. The molecular formula is C12H23BrN2O2. The van der Waals surface area contributed by atoms with Gasteiger partial charge in [-0.05, 0) is 19.3 Å². The topological polar surface area (TPSA) is 58.2 Å². The molecule has 0 aromatic rings. The number of nitrogens with one attached hydrogen (secondary N) is 2. The summed E-state index contributed by atoms with van der Waals surface area (Å²) in [5, 5.41) is 5.59. The van der Waals surface area contributed by atoms with Gasteiger partial charge < -0.3 is 10.6 Å². The highest BCUT2D eigenvalue weighted by Gasteiger charge is 2.18. The van der Waals surface area contributed by atoms with Crippen LogP contribution < -0.4 is 10.6 Å². The van der Waals surface area contributed by atoms with Crippen molar-refractivity contribution in [1.82, 2.24) is 10.6 Å². The van der Waals surface area contributed by atoms with Gasteiger partial charge in [0.2, 0.25) is 11.8 Å². The summed E-state index contributed by atoms with van der Waals surface area (Å²) >= 11 is 3.31. The van der Waals surface area contributed by atoms with E-state index >= 15 is 0 Å². The Kier molecular flexibility index (Phi) is 8.21. The summed E-state index contributed by atoms with van der Waals surface area (Å²) in [6.07, 6.45) is 1.24. The van der Waals surface area contributed by atoms with E-state index in [-0.39, 0.29) is 28.6 Å². The second kappa shape index (κ2) is 8.50. The molecule has 2 unspecified atom stereocenters. The van der Waals surface area contributed by atoms with E-state index < -0.39 is 0 Å². The fourth-order valence-electron chi connectivity index (χ4n) is 1.15. The molecule has 0 spiro atoms. The summed E-state index contributed by atoms with van der Waals surface area (Å²) in [7, 11) is 0. The van der Waals surface area contributed by atoms with Gasteiger partial charge in [0.25, 0.3) is 0 Å². The second-order valence-corrected chi connectivity index (χ2v) is 5.55. The first-order valence-electron chi connectivity index (χ1n) is 6.09. The van der Waals surface area contributed by atoms with Crippen molar-refractivity contribution in [3.8, 4) is 0 Å². The lowest BCUT2D eigenvalue weighted by molar-refractivity contribution is -0.122. The van der Waals surface area contributed by atoms with Crippen LogP contribution in [-0.4, -0.2) is 29.2 Å². The van der Waals surface area contributed by atoms with Crippen molar-refractivity contribution >= 4 is 27.7 Å². The fourth-order valence-corrected chi connectivity index (χ4v) is 1.31.